The number of aromatic nitrogens is 2. The van der Waals surface area contributed by atoms with Crippen LogP contribution in [0.25, 0.3) is 0 Å². The molecule has 0 spiro atoms. The van der Waals surface area contributed by atoms with Gasteiger partial charge in [0.05, 0.1) is 5.69 Å². The summed E-state index contributed by atoms with van der Waals surface area (Å²) in [7, 11) is 0. The molecule has 0 atom stereocenters. The first-order valence-electron chi connectivity index (χ1n) is 9.81. The van der Waals surface area contributed by atoms with Gasteiger partial charge in [0.1, 0.15) is 23.3 Å². The van der Waals surface area contributed by atoms with Gasteiger partial charge in [-0.2, -0.15) is 4.37 Å². The zero-order valence-electron chi connectivity index (χ0n) is 16.5. The summed E-state index contributed by atoms with van der Waals surface area (Å²) in [5, 5.41) is 3.27. The molecule has 1 aliphatic rings. The normalized spacial score (nSPS) is 14.4. The molecule has 6 nitrogen and oxygen atoms in total. The fourth-order valence-corrected chi connectivity index (χ4v) is 4.06. The van der Waals surface area contributed by atoms with Crippen LogP contribution in [0.15, 0.2) is 42.5 Å². The summed E-state index contributed by atoms with van der Waals surface area (Å²) >= 11 is 1.29. The number of hydrogen-bond donors (Lipinski definition) is 1. The van der Waals surface area contributed by atoms with Crippen LogP contribution in [0.2, 0.25) is 0 Å². The zero-order chi connectivity index (χ0) is 21.8. The number of benzene rings is 2. The second-order valence-electron chi connectivity index (χ2n) is 7.18. The Kier molecular flexibility index (Phi) is 6.36. The van der Waals surface area contributed by atoms with Crippen LogP contribution in [0.3, 0.4) is 0 Å². The number of carbonyl (C=O) groups excluding carboxylic acids is 1. The first-order chi connectivity index (χ1) is 15.0. The summed E-state index contributed by atoms with van der Waals surface area (Å²) in [5.74, 6) is -1.13. The highest BCUT2D eigenvalue weighted by Crippen LogP contribution is 2.21. The van der Waals surface area contributed by atoms with Gasteiger partial charge in [-0.3, -0.25) is 0 Å². The molecule has 2 aromatic carbocycles. The van der Waals surface area contributed by atoms with Crippen molar-refractivity contribution in [2.45, 2.75) is 12.8 Å². The quantitative estimate of drug-likeness (QED) is 0.648. The third kappa shape index (κ3) is 5.32. The lowest BCUT2D eigenvalue weighted by atomic mass is 10.1. The molecule has 0 aliphatic carbocycles. The number of halogens is 3. The third-order valence-electron chi connectivity index (χ3n) is 4.96. The van der Waals surface area contributed by atoms with Crippen molar-refractivity contribution in [2.75, 3.05) is 36.4 Å². The maximum atomic E-state index is 13.8. The number of nitrogens with zero attached hydrogens (tertiary/aromatic N) is 4. The monoisotopic (exact) mass is 447 g/mol. The van der Waals surface area contributed by atoms with E-state index in [1.165, 1.54) is 29.7 Å². The fourth-order valence-electron chi connectivity index (χ4n) is 3.33. The molecule has 4 rings (SSSR count). The molecular weight excluding hydrogens is 427 g/mol. The Morgan fingerprint density at radius 2 is 1.77 bits per heavy atom. The summed E-state index contributed by atoms with van der Waals surface area (Å²) in [5.41, 5.74) is 0.875. The van der Waals surface area contributed by atoms with Crippen molar-refractivity contribution < 1.29 is 18.0 Å². The Balaban J connectivity index is 1.35. The minimum atomic E-state index is -0.813. The number of hydrogen-bond acceptors (Lipinski definition) is 5. The van der Waals surface area contributed by atoms with Crippen molar-refractivity contribution in [3.05, 3.63) is 71.3 Å². The molecule has 1 aromatic heterocycles. The van der Waals surface area contributed by atoms with Crippen LogP contribution >= 0.6 is 11.5 Å². The number of carbonyl (C=O) groups is 1. The summed E-state index contributed by atoms with van der Waals surface area (Å²) in [4.78, 5) is 20.8. The number of rotatable bonds is 4. The van der Waals surface area contributed by atoms with Gasteiger partial charge in [-0.1, -0.05) is 12.1 Å². The maximum absolute atomic E-state index is 13.8. The number of anilines is 2. The van der Waals surface area contributed by atoms with Gasteiger partial charge in [-0.15, -0.1) is 0 Å². The molecule has 31 heavy (non-hydrogen) atoms. The molecule has 0 saturated carbocycles. The van der Waals surface area contributed by atoms with Crippen LogP contribution in [0.1, 0.15) is 17.8 Å². The summed E-state index contributed by atoms with van der Waals surface area (Å²) in [6, 6.07) is 8.85. The highest BCUT2D eigenvalue weighted by atomic mass is 32.1. The first-order valence-corrected chi connectivity index (χ1v) is 10.6. The molecule has 0 bridgehead atoms. The van der Waals surface area contributed by atoms with Crippen LogP contribution in [0, 0.1) is 17.5 Å². The van der Waals surface area contributed by atoms with E-state index in [0.29, 0.717) is 44.8 Å². The molecule has 1 saturated heterocycles. The summed E-state index contributed by atoms with van der Waals surface area (Å²) in [6.45, 7) is 2.21. The SMILES string of the molecule is O=C(Nc1ccc(F)cc1F)N1CCCN(c2nc(Cc3ccc(F)cc3)ns2)CC1. The molecule has 1 fully saturated rings. The third-order valence-corrected chi connectivity index (χ3v) is 5.77. The molecule has 0 unspecified atom stereocenters. The van der Waals surface area contributed by atoms with Gasteiger partial charge < -0.3 is 15.1 Å². The van der Waals surface area contributed by atoms with E-state index in [2.05, 4.69) is 19.6 Å². The maximum Gasteiger partial charge on any atom is 0.321 e. The van der Waals surface area contributed by atoms with E-state index in [1.54, 1.807) is 17.0 Å². The average molecular weight is 447 g/mol. The van der Waals surface area contributed by atoms with E-state index in [-0.39, 0.29) is 11.5 Å². The van der Waals surface area contributed by atoms with Crippen molar-refractivity contribution in [3.63, 3.8) is 0 Å². The average Bonchev–Trinajstić information content (AvgIpc) is 3.06. The van der Waals surface area contributed by atoms with E-state index in [4.69, 9.17) is 0 Å². The van der Waals surface area contributed by atoms with E-state index >= 15 is 0 Å². The topological polar surface area (TPSA) is 61.4 Å². The van der Waals surface area contributed by atoms with Gasteiger partial charge in [-0.25, -0.2) is 22.9 Å². The standard InChI is InChI=1S/C21H20F3N5OS/c22-15-4-2-14(3-5-15)12-19-26-21(31-27-19)29-9-1-8-28(10-11-29)20(30)25-18-7-6-16(23)13-17(18)24/h2-7,13H,1,8-12H2,(H,25,30). The molecule has 2 amide bonds. The molecular formula is C21H20F3N5OS. The summed E-state index contributed by atoms with van der Waals surface area (Å²) < 4.78 is 44.3. The van der Waals surface area contributed by atoms with E-state index < -0.39 is 17.7 Å². The molecule has 3 aromatic rings. The van der Waals surface area contributed by atoms with Crippen LogP contribution in [0.5, 0.6) is 0 Å². The van der Waals surface area contributed by atoms with Crippen LogP contribution in [-0.2, 0) is 6.42 Å². The van der Waals surface area contributed by atoms with Crippen LogP contribution < -0.4 is 10.2 Å². The van der Waals surface area contributed by atoms with Gasteiger partial charge in [0.15, 0.2) is 0 Å². The van der Waals surface area contributed by atoms with Crippen molar-refractivity contribution in [3.8, 4) is 0 Å². The Labute approximate surface area is 181 Å². The van der Waals surface area contributed by atoms with Gasteiger partial charge in [0.2, 0.25) is 5.13 Å². The van der Waals surface area contributed by atoms with Crippen molar-refractivity contribution in [1.82, 2.24) is 14.3 Å². The Morgan fingerprint density at radius 1 is 1.00 bits per heavy atom. The van der Waals surface area contributed by atoms with Crippen LogP contribution in [0.4, 0.5) is 28.8 Å². The lowest BCUT2D eigenvalue weighted by Gasteiger charge is -2.22. The van der Waals surface area contributed by atoms with Gasteiger partial charge in [0.25, 0.3) is 0 Å². The van der Waals surface area contributed by atoms with E-state index in [1.807, 2.05) is 0 Å². The lowest BCUT2D eigenvalue weighted by molar-refractivity contribution is 0.215. The second-order valence-corrected chi connectivity index (χ2v) is 7.91. The van der Waals surface area contributed by atoms with E-state index in [0.717, 1.165) is 22.8 Å². The predicted molar refractivity (Wildman–Crippen MR) is 113 cm³/mol. The largest absolute Gasteiger partial charge is 0.345 e. The smallest absolute Gasteiger partial charge is 0.321 e. The van der Waals surface area contributed by atoms with Gasteiger partial charge in [-0.05, 0) is 36.2 Å². The van der Waals surface area contributed by atoms with Crippen LogP contribution in [-0.4, -0.2) is 46.5 Å². The fraction of sp³-hybridized carbons (Fsp3) is 0.286. The predicted octanol–water partition coefficient (Wildman–Crippen LogP) is 4.29. The molecule has 162 valence electrons. The Morgan fingerprint density at radius 3 is 2.55 bits per heavy atom. The van der Waals surface area contributed by atoms with Gasteiger partial charge >= 0.3 is 6.03 Å². The van der Waals surface area contributed by atoms with Gasteiger partial charge in [0, 0.05) is 50.2 Å². The molecule has 1 N–H and O–H groups in total. The first kappa shape index (κ1) is 21.1. The minimum Gasteiger partial charge on any atom is -0.345 e. The summed E-state index contributed by atoms with van der Waals surface area (Å²) in [6.07, 6.45) is 1.23. The second kappa shape index (κ2) is 9.34. The molecule has 1 aliphatic heterocycles. The van der Waals surface area contributed by atoms with E-state index in [9.17, 15) is 18.0 Å². The minimum absolute atomic E-state index is 0.0536. The zero-order valence-corrected chi connectivity index (χ0v) is 17.3. The number of nitrogens with one attached hydrogen (secondary N) is 1. The number of amides is 2. The molecule has 2 heterocycles. The number of urea groups is 1. The lowest BCUT2D eigenvalue weighted by Crippen LogP contribution is -2.38. The highest BCUT2D eigenvalue weighted by Gasteiger charge is 2.22. The van der Waals surface area contributed by atoms with Crippen molar-refractivity contribution in [2.24, 2.45) is 0 Å². The van der Waals surface area contributed by atoms with Crippen molar-refractivity contribution >= 4 is 28.4 Å². The molecule has 10 heteroatoms. The Hall–Kier alpha value is -3.14. The van der Waals surface area contributed by atoms with Crippen molar-refractivity contribution in [1.29, 1.82) is 0 Å². The highest BCUT2D eigenvalue weighted by molar-refractivity contribution is 7.09. The Bertz CT molecular complexity index is 1060. The molecule has 0 radical (unpaired) electrons.